The van der Waals surface area contributed by atoms with Crippen LogP contribution in [0.5, 0.6) is 0 Å². The molecule has 3 amide bonds. The number of carbonyl (C=O) groups excluding carboxylic acids is 2. The van der Waals surface area contributed by atoms with E-state index >= 15 is 0 Å². The summed E-state index contributed by atoms with van der Waals surface area (Å²) >= 11 is 11.9. The molecule has 0 saturated carbocycles. The van der Waals surface area contributed by atoms with Crippen LogP contribution in [0.1, 0.15) is 19.4 Å². The van der Waals surface area contributed by atoms with Gasteiger partial charge in [0.15, 0.2) is 0 Å². The fourth-order valence-corrected chi connectivity index (χ4v) is 1.95. The Kier molecular flexibility index (Phi) is 6.30. The molecule has 0 spiro atoms. The lowest BCUT2D eigenvalue weighted by Crippen LogP contribution is -2.44. The standard InChI is InChI=1S/C14H19Cl2N3O2/c1-14(2,9-4-5-10(15)11(16)6-9)8-19-12(20)7-18-13(21)17-3/h4-6H,7-8H2,1-3H3,(H,19,20)(H2,17,18,21). The molecule has 0 bridgehead atoms. The quantitative estimate of drug-likeness (QED) is 0.774. The van der Waals surface area contributed by atoms with Crippen LogP contribution >= 0.6 is 23.2 Å². The minimum Gasteiger partial charge on any atom is -0.354 e. The van der Waals surface area contributed by atoms with Gasteiger partial charge in [0.05, 0.1) is 16.6 Å². The summed E-state index contributed by atoms with van der Waals surface area (Å²) in [6.07, 6.45) is 0. The van der Waals surface area contributed by atoms with Crippen LogP contribution in [-0.2, 0) is 10.2 Å². The summed E-state index contributed by atoms with van der Waals surface area (Å²) < 4.78 is 0. The van der Waals surface area contributed by atoms with Crippen LogP contribution < -0.4 is 16.0 Å². The van der Waals surface area contributed by atoms with Crippen LogP contribution in [0.3, 0.4) is 0 Å². The molecule has 0 heterocycles. The maximum absolute atomic E-state index is 11.7. The van der Waals surface area contributed by atoms with Gasteiger partial charge in [-0.2, -0.15) is 0 Å². The van der Waals surface area contributed by atoms with Gasteiger partial charge in [-0.1, -0.05) is 43.1 Å². The highest BCUT2D eigenvalue weighted by molar-refractivity contribution is 6.42. The number of rotatable bonds is 5. The number of hydrogen-bond acceptors (Lipinski definition) is 2. The Balaban J connectivity index is 2.57. The molecule has 1 rings (SSSR count). The second-order valence-corrected chi connectivity index (χ2v) is 6.04. The summed E-state index contributed by atoms with van der Waals surface area (Å²) in [5.74, 6) is -0.258. The van der Waals surface area contributed by atoms with Crippen LogP contribution in [0.4, 0.5) is 4.79 Å². The van der Waals surface area contributed by atoms with Gasteiger partial charge in [-0.15, -0.1) is 0 Å². The highest BCUT2D eigenvalue weighted by Gasteiger charge is 2.22. The van der Waals surface area contributed by atoms with Gasteiger partial charge in [0, 0.05) is 19.0 Å². The average molecular weight is 332 g/mol. The maximum atomic E-state index is 11.7. The van der Waals surface area contributed by atoms with Gasteiger partial charge in [-0.05, 0) is 17.7 Å². The highest BCUT2D eigenvalue weighted by atomic mass is 35.5. The Morgan fingerprint density at radius 1 is 1.14 bits per heavy atom. The maximum Gasteiger partial charge on any atom is 0.314 e. The van der Waals surface area contributed by atoms with Crippen LogP contribution in [0.15, 0.2) is 18.2 Å². The molecule has 21 heavy (non-hydrogen) atoms. The molecule has 1 aromatic carbocycles. The van der Waals surface area contributed by atoms with Crippen molar-refractivity contribution in [2.45, 2.75) is 19.3 Å². The van der Waals surface area contributed by atoms with E-state index in [1.54, 1.807) is 12.1 Å². The Morgan fingerprint density at radius 2 is 1.81 bits per heavy atom. The smallest absolute Gasteiger partial charge is 0.314 e. The van der Waals surface area contributed by atoms with E-state index in [1.165, 1.54) is 7.05 Å². The fourth-order valence-electron chi connectivity index (χ4n) is 1.65. The largest absolute Gasteiger partial charge is 0.354 e. The Morgan fingerprint density at radius 3 is 2.38 bits per heavy atom. The second kappa shape index (κ2) is 7.52. The van der Waals surface area contributed by atoms with E-state index in [0.717, 1.165) is 5.56 Å². The molecule has 0 aliphatic rings. The van der Waals surface area contributed by atoms with E-state index in [0.29, 0.717) is 16.6 Å². The third-order valence-electron chi connectivity index (χ3n) is 3.07. The van der Waals surface area contributed by atoms with Gasteiger partial charge in [-0.25, -0.2) is 4.79 Å². The molecule has 0 fully saturated rings. The summed E-state index contributed by atoms with van der Waals surface area (Å²) in [4.78, 5) is 22.6. The number of nitrogens with one attached hydrogen (secondary N) is 3. The lowest BCUT2D eigenvalue weighted by Gasteiger charge is -2.26. The molecule has 0 aliphatic heterocycles. The SMILES string of the molecule is CNC(=O)NCC(=O)NCC(C)(C)c1ccc(Cl)c(Cl)c1. The van der Waals surface area contributed by atoms with Gasteiger partial charge in [-0.3, -0.25) is 4.79 Å². The number of hydrogen-bond donors (Lipinski definition) is 3. The van der Waals surface area contributed by atoms with Crippen molar-refractivity contribution in [3.8, 4) is 0 Å². The zero-order valence-electron chi connectivity index (χ0n) is 12.2. The van der Waals surface area contributed by atoms with Crippen molar-refractivity contribution in [3.63, 3.8) is 0 Å². The van der Waals surface area contributed by atoms with Gasteiger partial charge >= 0.3 is 6.03 Å². The summed E-state index contributed by atoms with van der Waals surface area (Å²) in [5.41, 5.74) is 0.660. The summed E-state index contributed by atoms with van der Waals surface area (Å²) in [6, 6.07) is 5.01. The van der Waals surface area contributed by atoms with E-state index in [1.807, 2.05) is 19.9 Å². The number of urea groups is 1. The van der Waals surface area contributed by atoms with Gasteiger partial charge in [0.25, 0.3) is 0 Å². The van der Waals surface area contributed by atoms with Crippen molar-refractivity contribution >= 4 is 35.1 Å². The van der Waals surface area contributed by atoms with Gasteiger partial charge in [0.1, 0.15) is 0 Å². The van der Waals surface area contributed by atoms with E-state index in [4.69, 9.17) is 23.2 Å². The van der Waals surface area contributed by atoms with Crippen molar-refractivity contribution < 1.29 is 9.59 Å². The zero-order valence-corrected chi connectivity index (χ0v) is 13.7. The molecule has 116 valence electrons. The normalized spacial score (nSPS) is 10.9. The Bertz CT molecular complexity index is 533. The monoisotopic (exact) mass is 331 g/mol. The molecule has 0 aliphatic carbocycles. The van der Waals surface area contributed by atoms with E-state index in [9.17, 15) is 9.59 Å². The number of halogens is 2. The topological polar surface area (TPSA) is 70.2 Å². The van der Waals surface area contributed by atoms with E-state index < -0.39 is 6.03 Å². The fraction of sp³-hybridized carbons (Fsp3) is 0.429. The van der Waals surface area contributed by atoms with Crippen LogP contribution in [0.25, 0.3) is 0 Å². The summed E-state index contributed by atoms with van der Waals surface area (Å²) in [6.45, 7) is 4.31. The molecular weight excluding hydrogens is 313 g/mol. The predicted molar refractivity (Wildman–Crippen MR) is 85.0 cm³/mol. The molecule has 0 saturated heterocycles. The molecule has 0 aromatic heterocycles. The first-order chi connectivity index (χ1) is 9.76. The molecule has 0 unspecified atom stereocenters. The van der Waals surface area contributed by atoms with Crippen LogP contribution in [0.2, 0.25) is 10.0 Å². The van der Waals surface area contributed by atoms with Crippen LogP contribution in [0, 0.1) is 0 Å². The number of amides is 3. The van der Waals surface area contributed by atoms with Crippen molar-refractivity contribution in [1.82, 2.24) is 16.0 Å². The molecular formula is C14H19Cl2N3O2. The zero-order chi connectivity index (χ0) is 16.0. The molecule has 1 aromatic rings. The van der Waals surface area contributed by atoms with Crippen molar-refractivity contribution in [2.75, 3.05) is 20.1 Å². The third kappa shape index (κ3) is 5.44. The molecule has 0 atom stereocenters. The minimum absolute atomic E-state index is 0.0723. The second-order valence-electron chi connectivity index (χ2n) is 5.22. The number of benzene rings is 1. The van der Waals surface area contributed by atoms with Crippen molar-refractivity contribution in [3.05, 3.63) is 33.8 Å². The predicted octanol–water partition coefficient (Wildman–Crippen LogP) is 2.32. The minimum atomic E-state index is -0.395. The van der Waals surface area contributed by atoms with Crippen LogP contribution in [-0.4, -0.2) is 32.1 Å². The summed E-state index contributed by atoms with van der Waals surface area (Å²) in [5, 5.41) is 8.55. The van der Waals surface area contributed by atoms with E-state index in [-0.39, 0.29) is 17.9 Å². The third-order valence-corrected chi connectivity index (χ3v) is 3.80. The molecule has 7 heteroatoms. The number of carbonyl (C=O) groups is 2. The first-order valence-corrected chi connectivity index (χ1v) is 7.19. The lowest BCUT2D eigenvalue weighted by molar-refractivity contribution is -0.120. The first kappa shape index (κ1) is 17.6. The molecule has 5 nitrogen and oxygen atoms in total. The van der Waals surface area contributed by atoms with Gasteiger partial charge in [0.2, 0.25) is 5.91 Å². The Labute approximate surface area is 134 Å². The average Bonchev–Trinajstić information content (AvgIpc) is 2.45. The van der Waals surface area contributed by atoms with E-state index in [2.05, 4.69) is 16.0 Å². The van der Waals surface area contributed by atoms with Crippen molar-refractivity contribution in [2.24, 2.45) is 0 Å². The Hall–Kier alpha value is -1.46. The van der Waals surface area contributed by atoms with Crippen molar-refractivity contribution in [1.29, 1.82) is 0 Å². The van der Waals surface area contributed by atoms with Gasteiger partial charge < -0.3 is 16.0 Å². The molecule has 3 N–H and O–H groups in total. The lowest BCUT2D eigenvalue weighted by atomic mass is 9.84. The highest BCUT2D eigenvalue weighted by Crippen LogP contribution is 2.29. The summed E-state index contributed by atoms with van der Waals surface area (Å²) in [7, 11) is 1.49. The first-order valence-electron chi connectivity index (χ1n) is 6.44. The molecule has 0 radical (unpaired) electrons.